The molecule has 19 heavy (non-hydrogen) atoms. The van der Waals surface area contributed by atoms with Gasteiger partial charge in [-0.3, -0.25) is 4.79 Å². The van der Waals surface area contributed by atoms with Crippen molar-refractivity contribution in [2.24, 2.45) is 0 Å². The number of hydrogen-bond acceptors (Lipinski definition) is 4. The molecule has 97 valence electrons. The molecule has 1 radical (unpaired) electrons. The smallest absolute Gasteiger partial charge is 0.212 e. The maximum Gasteiger partial charge on any atom is 0.212 e. The van der Waals surface area contributed by atoms with Crippen LogP contribution in [-0.4, -0.2) is 25.0 Å². The first-order valence-electron chi connectivity index (χ1n) is 5.76. The molecule has 1 aromatic carbocycles. The summed E-state index contributed by atoms with van der Waals surface area (Å²) in [5.74, 6) is 1.15. The van der Waals surface area contributed by atoms with Gasteiger partial charge in [-0.1, -0.05) is 12.1 Å². The van der Waals surface area contributed by atoms with Gasteiger partial charge in [0.05, 0.1) is 20.6 Å². The number of benzene rings is 1. The van der Waals surface area contributed by atoms with Crippen LogP contribution in [0.1, 0.15) is 15.9 Å². The third-order valence-corrected chi connectivity index (χ3v) is 2.64. The average molecular weight is 256 g/mol. The monoisotopic (exact) mass is 256 g/mol. The number of aromatic nitrogens is 1. The largest absolute Gasteiger partial charge is 0.497 e. The SMILES string of the molecule is COc1ccc([CH]C(=O)c2ccc(OC)nc2)cc1. The van der Waals surface area contributed by atoms with E-state index in [9.17, 15) is 4.79 Å². The Labute approximate surface area is 112 Å². The van der Waals surface area contributed by atoms with Crippen LogP contribution >= 0.6 is 0 Å². The van der Waals surface area contributed by atoms with E-state index in [4.69, 9.17) is 9.47 Å². The number of ether oxygens (including phenoxy) is 2. The number of methoxy groups -OCH3 is 2. The molecule has 0 N–H and O–H groups in total. The van der Waals surface area contributed by atoms with E-state index in [0.29, 0.717) is 11.4 Å². The van der Waals surface area contributed by atoms with Crippen molar-refractivity contribution in [1.82, 2.24) is 4.98 Å². The topological polar surface area (TPSA) is 48.4 Å². The predicted octanol–water partition coefficient (Wildman–Crippen LogP) is 2.53. The molecular formula is C15H14NO3. The van der Waals surface area contributed by atoms with Crippen molar-refractivity contribution in [3.63, 3.8) is 0 Å². The third-order valence-electron chi connectivity index (χ3n) is 2.64. The van der Waals surface area contributed by atoms with Crippen molar-refractivity contribution in [1.29, 1.82) is 0 Å². The van der Waals surface area contributed by atoms with Gasteiger partial charge in [0.2, 0.25) is 5.88 Å². The van der Waals surface area contributed by atoms with Gasteiger partial charge >= 0.3 is 0 Å². The van der Waals surface area contributed by atoms with Gasteiger partial charge in [0.25, 0.3) is 0 Å². The summed E-state index contributed by atoms with van der Waals surface area (Å²) in [5.41, 5.74) is 1.35. The normalized spacial score (nSPS) is 10.0. The highest BCUT2D eigenvalue weighted by atomic mass is 16.5. The van der Waals surface area contributed by atoms with E-state index >= 15 is 0 Å². The maximum absolute atomic E-state index is 12.0. The first-order chi connectivity index (χ1) is 9.22. The molecule has 0 atom stereocenters. The van der Waals surface area contributed by atoms with Crippen molar-refractivity contribution in [2.75, 3.05) is 14.2 Å². The van der Waals surface area contributed by atoms with Crippen LogP contribution in [0.5, 0.6) is 11.6 Å². The third kappa shape index (κ3) is 3.31. The second kappa shape index (κ2) is 6.00. The maximum atomic E-state index is 12.0. The van der Waals surface area contributed by atoms with Gasteiger partial charge in [-0.2, -0.15) is 0 Å². The van der Waals surface area contributed by atoms with Crippen LogP contribution in [-0.2, 0) is 0 Å². The summed E-state index contributed by atoms with van der Waals surface area (Å²) in [6.07, 6.45) is 3.06. The predicted molar refractivity (Wildman–Crippen MR) is 71.5 cm³/mol. The summed E-state index contributed by atoms with van der Waals surface area (Å²) in [6, 6.07) is 10.6. The van der Waals surface area contributed by atoms with Gasteiger partial charge in [-0.15, -0.1) is 0 Å². The first-order valence-corrected chi connectivity index (χ1v) is 5.76. The number of pyridine rings is 1. The molecule has 4 heteroatoms. The van der Waals surface area contributed by atoms with Crippen LogP contribution in [0.25, 0.3) is 0 Å². The number of hydrogen-bond donors (Lipinski definition) is 0. The molecule has 0 aliphatic carbocycles. The Hall–Kier alpha value is -2.36. The van der Waals surface area contributed by atoms with E-state index in [2.05, 4.69) is 4.98 Å². The minimum Gasteiger partial charge on any atom is -0.497 e. The van der Waals surface area contributed by atoms with Gasteiger partial charge in [0.15, 0.2) is 5.78 Å². The summed E-state index contributed by atoms with van der Waals surface area (Å²) in [6.45, 7) is 0. The second-order valence-corrected chi connectivity index (χ2v) is 3.87. The summed E-state index contributed by atoms with van der Waals surface area (Å²) in [4.78, 5) is 16.0. The zero-order valence-corrected chi connectivity index (χ0v) is 10.8. The van der Waals surface area contributed by atoms with Crippen LogP contribution in [0.3, 0.4) is 0 Å². The quantitative estimate of drug-likeness (QED) is 0.771. The lowest BCUT2D eigenvalue weighted by Crippen LogP contribution is -2.02. The van der Waals surface area contributed by atoms with Gasteiger partial charge < -0.3 is 9.47 Å². The van der Waals surface area contributed by atoms with Gasteiger partial charge in [-0.25, -0.2) is 4.98 Å². The lowest BCUT2D eigenvalue weighted by Gasteiger charge is -2.03. The zero-order chi connectivity index (χ0) is 13.7. The van der Waals surface area contributed by atoms with Crippen molar-refractivity contribution >= 4 is 5.78 Å². The second-order valence-electron chi connectivity index (χ2n) is 3.87. The van der Waals surface area contributed by atoms with Crippen LogP contribution in [0.4, 0.5) is 0 Å². The molecule has 0 saturated carbocycles. The fourth-order valence-corrected chi connectivity index (χ4v) is 1.58. The highest BCUT2D eigenvalue weighted by Gasteiger charge is 2.08. The number of nitrogens with zero attached hydrogens (tertiary/aromatic N) is 1. The molecule has 0 aliphatic rings. The number of ketones is 1. The van der Waals surface area contributed by atoms with Crippen LogP contribution in [0, 0.1) is 6.42 Å². The molecule has 0 amide bonds. The molecule has 1 aromatic heterocycles. The van der Waals surface area contributed by atoms with Gasteiger partial charge in [0.1, 0.15) is 5.75 Å². The van der Waals surface area contributed by atoms with E-state index in [0.717, 1.165) is 11.3 Å². The highest BCUT2D eigenvalue weighted by molar-refractivity contribution is 6.04. The fraction of sp³-hybridized carbons (Fsp3) is 0.133. The van der Waals surface area contributed by atoms with E-state index in [1.165, 1.54) is 13.3 Å². The molecule has 0 bridgehead atoms. The lowest BCUT2D eigenvalue weighted by molar-refractivity contribution is 0.103. The minimum absolute atomic E-state index is 0.0969. The Balaban J connectivity index is 2.06. The van der Waals surface area contributed by atoms with Crippen molar-refractivity contribution in [2.45, 2.75) is 0 Å². The highest BCUT2D eigenvalue weighted by Crippen LogP contribution is 2.15. The van der Waals surface area contributed by atoms with Gasteiger partial charge in [0, 0.05) is 17.8 Å². The van der Waals surface area contributed by atoms with Crippen molar-refractivity contribution < 1.29 is 14.3 Å². The molecule has 2 aromatic rings. The van der Waals surface area contributed by atoms with Crippen LogP contribution in [0.15, 0.2) is 42.6 Å². The molecule has 0 saturated heterocycles. The van der Waals surface area contributed by atoms with Crippen molar-refractivity contribution in [3.05, 3.63) is 60.1 Å². The van der Waals surface area contributed by atoms with E-state index in [1.807, 2.05) is 24.3 Å². The van der Waals surface area contributed by atoms with Crippen LogP contribution < -0.4 is 9.47 Å². The summed E-state index contributed by atoms with van der Waals surface area (Å²) < 4.78 is 10.0. The Bertz CT molecular complexity index is 547. The zero-order valence-electron chi connectivity index (χ0n) is 10.8. The number of carbonyl (C=O) groups excluding carboxylic acids is 1. The summed E-state index contributed by atoms with van der Waals surface area (Å²) in [7, 11) is 3.14. The molecule has 1 heterocycles. The molecule has 0 fully saturated rings. The molecular weight excluding hydrogens is 242 g/mol. The number of carbonyl (C=O) groups is 1. The molecule has 0 aliphatic heterocycles. The van der Waals surface area contributed by atoms with E-state index < -0.39 is 0 Å². The molecule has 0 spiro atoms. The Morgan fingerprint density at radius 2 is 1.79 bits per heavy atom. The molecule has 2 rings (SSSR count). The molecule has 0 unspecified atom stereocenters. The van der Waals surface area contributed by atoms with Crippen LogP contribution in [0.2, 0.25) is 0 Å². The van der Waals surface area contributed by atoms with E-state index in [1.54, 1.807) is 25.7 Å². The first kappa shape index (κ1) is 13.1. The standard InChI is InChI=1S/C15H14NO3/c1-18-13-6-3-11(4-7-13)9-14(17)12-5-8-15(19-2)16-10-12/h3-10H,1-2H3. The number of rotatable bonds is 5. The summed E-state index contributed by atoms with van der Waals surface area (Å²) >= 11 is 0. The average Bonchev–Trinajstić information content (AvgIpc) is 2.48. The minimum atomic E-state index is -0.0969. The summed E-state index contributed by atoms with van der Waals surface area (Å²) in [5, 5.41) is 0. The Kier molecular flexibility index (Phi) is 4.13. The Morgan fingerprint density at radius 3 is 2.32 bits per heavy atom. The fourth-order valence-electron chi connectivity index (χ4n) is 1.58. The molecule has 4 nitrogen and oxygen atoms in total. The van der Waals surface area contributed by atoms with E-state index in [-0.39, 0.29) is 5.78 Å². The Morgan fingerprint density at radius 1 is 1.05 bits per heavy atom. The van der Waals surface area contributed by atoms with Gasteiger partial charge in [-0.05, 0) is 23.8 Å². The van der Waals surface area contributed by atoms with Crippen molar-refractivity contribution in [3.8, 4) is 11.6 Å². The number of Topliss-reactive ketones (excluding diaryl/α,β-unsaturated/α-hetero) is 1. The lowest BCUT2D eigenvalue weighted by atomic mass is 10.0.